The molecule has 1 aromatic carbocycles. The number of benzene rings is 1. The molecule has 0 atom stereocenters. The fourth-order valence-electron chi connectivity index (χ4n) is 2.03. The van der Waals surface area contributed by atoms with E-state index in [0.717, 1.165) is 24.6 Å². The molecule has 0 aliphatic rings. The monoisotopic (exact) mass is 298 g/mol. The summed E-state index contributed by atoms with van der Waals surface area (Å²) < 4.78 is 5.12. The minimum Gasteiger partial charge on any atom is -0.481 e. The van der Waals surface area contributed by atoms with Crippen LogP contribution < -0.4 is 15.4 Å². The van der Waals surface area contributed by atoms with Crippen molar-refractivity contribution in [1.82, 2.24) is 15.6 Å². The molecule has 2 rings (SSSR count). The van der Waals surface area contributed by atoms with Crippen LogP contribution in [-0.4, -0.2) is 31.6 Å². The Morgan fingerprint density at radius 2 is 1.91 bits per heavy atom. The maximum Gasteiger partial charge on any atom is 0.213 e. The summed E-state index contributed by atoms with van der Waals surface area (Å²) in [5.74, 6) is 1.38. The van der Waals surface area contributed by atoms with Crippen LogP contribution in [0.1, 0.15) is 11.3 Å². The smallest absolute Gasteiger partial charge is 0.213 e. The fourth-order valence-corrected chi connectivity index (χ4v) is 2.03. The molecule has 0 fully saturated rings. The number of aromatic nitrogens is 1. The van der Waals surface area contributed by atoms with Crippen LogP contribution >= 0.6 is 0 Å². The Morgan fingerprint density at radius 1 is 1.09 bits per heavy atom. The normalized spacial score (nSPS) is 11.1. The highest BCUT2D eigenvalue weighted by atomic mass is 16.5. The number of methoxy groups -OCH3 is 1. The van der Waals surface area contributed by atoms with Crippen LogP contribution in [0.3, 0.4) is 0 Å². The Hall–Kier alpha value is -2.56. The molecule has 0 saturated heterocycles. The van der Waals surface area contributed by atoms with Crippen molar-refractivity contribution in [3.63, 3.8) is 0 Å². The summed E-state index contributed by atoms with van der Waals surface area (Å²) in [5, 5.41) is 6.54. The molecule has 1 heterocycles. The first-order chi connectivity index (χ1) is 10.8. The average Bonchev–Trinajstić information content (AvgIpc) is 2.59. The number of hydrogen-bond acceptors (Lipinski definition) is 3. The lowest BCUT2D eigenvalue weighted by Crippen LogP contribution is -2.38. The standard InChI is InChI=1S/C17H22N4O/c1-18-17(19-12-11-14-7-4-3-5-8-14)20-13-15-9-6-10-16(21-15)22-2/h3-10H,11-13H2,1-2H3,(H2,18,19,20). The second kappa shape index (κ2) is 8.67. The predicted octanol–water partition coefficient (Wildman–Crippen LogP) is 2.00. The second-order valence-electron chi connectivity index (χ2n) is 4.76. The van der Waals surface area contributed by atoms with E-state index < -0.39 is 0 Å². The van der Waals surface area contributed by atoms with Gasteiger partial charge < -0.3 is 15.4 Å². The number of ether oxygens (including phenoxy) is 1. The van der Waals surface area contributed by atoms with Crippen molar-refractivity contribution in [2.45, 2.75) is 13.0 Å². The van der Waals surface area contributed by atoms with Gasteiger partial charge in [0.25, 0.3) is 0 Å². The van der Waals surface area contributed by atoms with E-state index in [1.165, 1.54) is 5.56 Å². The minimum atomic E-state index is 0.599. The van der Waals surface area contributed by atoms with Crippen LogP contribution in [0.25, 0.3) is 0 Å². The lowest BCUT2D eigenvalue weighted by molar-refractivity contribution is 0.396. The predicted molar refractivity (Wildman–Crippen MR) is 89.1 cm³/mol. The van der Waals surface area contributed by atoms with E-state index in [1.807, 2.05) is 24.3 Å². The lowest BCUT2D eigenvalue weighted by Gasteiger charge is -2.12. The van der Waals surface area contributed by atoms with Gasteiger partial charge in [-0.15, -0.1) is 0 Å². The van der Waals surface area contributed by atoms with E-state index in [9.17, 15) is 0 Å². The van der Waals surface area contributed by atoms with Gasteiger partial charge in [-0.1, -0.05) is 36.4 Å². The number of guanidine groups is 1. The SMILES string of the molecule is CN=C(NCCc1ccccc1)NCc1cccc(OC)n1. The van der Waals surface area contributed by atoms with Crippen molar-refractivity contribution in [1.29, 1.82) is 0 Å². The molecule has 116 valence electrons. The number of hydrogen-bond donors (Lipinski definition) is 2. The number of nitrogens with zero attached hydrogens (tertiary/aromatic N) is 2. The minimum absolute atomic E-state index is 0.599. The average molecular weight is 298 g/mol. The molecular weight excluding hydrogens is 276 g/mol. The summed E-state index contributed by atoms with van der Waals surface area (Å²) in [4.78, 5) is 8.57. The molecule has 5 heteroatoms. The third-order valence-electron chi connectivity index (χ3n) is 3.20. The molecule has 5 nitrogen and oxygen atoms in total. The largest absolute Gasteiger partial charge is 0.481 e. The zero-order chi connectivity index (χ0) is 15.6. The van der Waals surface area contributed by atoms with Crippen molar-refractivity contribution >= 4 is 5.96 Å². The zero-order valence-electron chi connectivity index (χ0n) is 13.0. The molecule has 0 aliphatic carbocycles. The van der Waals surface area contributed by atoms with Crippen LogP contribution in [0.4, 0.5) is 0 Å². The summed E-state index contributed by atoms with van der Waals surface area (Å²) in [6.07, 6.45) is 0.957. The van der Waals surface area contributed by atoms with Crippen molar-refractivity contribution in [2.75, 3.05) is 20.7 Å². The molecular formula is C17H22N4O. The van der Waals surface area contributed by atoms with Gasteiger partial charge in [-0.05, 0) is 18.1 Å². The van der Waals surface area contributed by atoms with Crippen LogP contribution in [0.2, 0.25) is 0 Å². The van der Waals surface area contributed by atoms with Crippen molar-refractivity contribution < 1.29 is 4.74 Å². The Bertz CT molecular complexity index is 599. The summed E-state index contributed by atoms with van der Waals surface area (Å²) in [5.41, 5.74) is 2.21. The van der Waals surface area contributed by atoms with E-state index in [2.05, 4.69) is 44.9 Å². The molecule has 0 spiro atoms. The highest BCUT2D eigenvalue weighted by Gasteiger charge is 2.01. The molecule has 0 aliphatic heterocycles. The van der Waals surface area contributed by atoms with Gasteiger partial charge in [-0.3, -0.25) is 4.99 Å². The maximum atomic E-state index is 5.12. The Kier molecular flexibility index (Phi) is 6.23. The molecule has 22 heavy (non-hydrogen) atoms. The van der Waals surface area contributed by atoms with E-state index >= 15 is 0 Å². The Morgan fingerprint density at radius 3 is 2.64 bits per heavy atom. The van der Waals surface area contributed by atoms with Gasteiger partial charge in [0, 0.05) is 19.7 Å². The summed E-state index contributed by atoms with van der Waals surface area (Å²) >= 11 is 0. The highest BCUT2D eigenvalue weighted by Crippen LogP contribution is 2.06. The number of pyridine rings is 1. The topological polar surface area (TPSA) is 58.5 Å². The van der Waals surface area contributed by atoms with E-state index in [4.69, 9.17) is 4.74 Å². The quantitative estimate of drug-likeness (QED) is 0.632. The molecule has 2 aromatic rings. The number of aliphatic imine (C=N–C) groups is 1. The number of nitrogens with one attached hydrogen (secondary N) is 2. The van der Waals surface area contributed by atoms with Crippen LogP contribution in [-0.2, 0) is 13.0 Å². The third kappa shape index (κ3) is 5.09. The van der Waals surface area contributed by atoms with Crippen LogP contribution in [0.5, 0.6) is 5.88 Å². The first kappa shape index (κ1) is 15.8. The van der Waals surface area contributed by atoms with Gasteiger partial charge >= 0.3 is 0 Å². The van der Waals surface area contributed by atoms with Gasteiger partial charge in [0.05, 0.1) is 19.3 Å². The maximum absolute atomic E-state index is 5.12. The molecule has 0 unspecified atom stereocenters. The van der Waals surface area contributed by atoms with Gasteiger partial charge in [-0.25, -0.2) is 4.98 Å². The third-order valence-corrected chi connectivity index (χ3v) is 3.20. The zero-order valence-corrected chi connectivity index (χ0v) is 13.0. The second-order valence-corrected chi connectivity index (χ2v) is 4.76. The van der Waals surface area contributed by atoms with Crippen LogP contribution in [0.15, 0.2) is 53.5 Å². The first-order valence-corrected chi connectivity index (χ1v) is 7.30. The van der Waals surface area contributed by atoms with Crippen LogP contribution in [0, 0.1) is 0 Å². The van der Waals surface area contributed by atoms with E-state index in [-0.39, 0.29) is 0 Å². The molecule has 0 amide bonds. The highest BCUT2D eigenvalue weighted by molar-refractivity contribution is 5.79. The van der Waals surface area contributed by atoms with Gasteiger partial charge in [0.1, 0.15) is 0 Å². The summed E-state index contributed by atoms with van der Waals surface area (Å²) in [7, 11) is 3.38. The summed E-state index contributed by atoms with van der Waals surface area (Å²) in [6, 6.07) is 16.1. The van der Waals surface area contributed by atoms with E-state index in [0.29, 0.717) is 12.4 Å². The van der Waals surface area contributed by atoms with E-state index in [1.54, 1.807) is 14.2 Å². The molecule has 2 N–H and O–H groups in total. The van der Waals surface area contributed by atoms with Gasteiger partial charge in [0.15, 0.2) is 5.96 Å². The van der Waals surface area contributed by atoms with Crippen molar-refractivity contribution in [3.8, 4) is 5.88 Å². The fraction of sp³-hybridized carbons (Fsp3) is 0.294. The Balaban J connectivity index is 1.77. The summed E-state index contributed by atoms with van der Waals surface area (Å²) in [6.45, 7) is 1.43. The number of rotatable bonds is 6. The van der Waals surface area contributed by atoms with Crippen molar-refractivity contribution in [3.05, 3.63) is 59.8 Å². The molecule has 0 radical (unpaired) electrons. The van der Waals surface area contributed by atoms with Gasteiger partial charge in [-0.2, -0.15) is 0 Å². The Labute approximate surface area is 131 Å². The molecule has 0 bridgehead atoms. The van der Waals surface area contributed by atoms with Gasteiger partial charge in [0.2, 0.25) is 5.88 Å². The molecule has 0 saturated carbocycles. The molecule has 1 aromatic heterocycles. The first-order valence-electron chi connectivity index (χ1n) is 7.30. The van der Waals surface area contributed by atoms with Crippen molar-refractivity contribution in [2.24, 2.45) is 4.99 Å². The lowest BCUT2D eigenvalue weighted by atomic mass is 10.1.